The van der Waals surface area contributed by atoms with Gasteiger partial charge in [-0.05, 0) is 78.5 Å². The number of fused-ring (bicyclic) bond motifs is 12. The van der Waals surface area contributed by atoms with Crippen LogP contribution in [-0.2, 0) is 10.8 Å². The second kappa shape index (κ2) is 10.2. The van der Waals surface area contributed by atoms with Crippen molar-refractivity contribution in [2.24, 2.45) is 0 Å². The smallest absolute Gasteiger partial charge is 0.0748 e. The monoisotopic (exact) mass is 649 g/mol. The van der Waals surface area contributed by atoms with Crippen LogP contribution in [0.2, 0.25) is 0 Å². The third-order valence-electron chi connectivity index (χ3n) is 12.0. The van der Waals surface area contributed by atoms with Crippen LogP contribution in [0.15, 0.2) is 176 Å². The van der Waals surface area contributed by atoms with Crippen molar-refractivity contribution < 1.29 is 0 Å². The zero-order valence-electron chi connectivity index (χ0n) is 28.7. The van der Waals surface area contributed by atoms with E-state index in [2.05, 4.69) is 194 Å². The van der Waals surface area contributed by atoms with Gasteiger partial charge in [0.05, 0.1) is 22.1 Å². The van der Waals surface area contributed by atoms with Crippen molar-refractivity contribution >= 4 is 32.6 Å². The first-order chi connectivity index (χ1) is 25.1. The summed E-state index contributed by atoms with van der Waals surface area (Å²) in [5.41, 5.74) is 16.3. The molecule has 1 heteroatoms. The number of aromatic nitrogens is 1. The highest BCUT2D eigenvalue weighted by molar-refractivity contribution is 6.12. The molecule has 2 aliphatic rings. The first-order valence-electron chi connectivity index (χ1n) is 18.0. The van der Waals surface area contributed by atoms with Crippen LogP contribution in [0, 0.1) is 0 Å². The lowest BCUT2D eigenvalue weighted by molar-refractivity contribution is 0.558. The Bertz CT molecular complexity index is 2880. The van der Waals surface area contributed by atoms with Crippen LogP contribution < -0.4 is 0 Å². The van der Waals surface area contributed by atoms with Gasteiger partial charge in [0.15, 0.2) is 0 Å². The SMILES string of the molecule is CC1(C)c2ccccc2C2(c3ccccc3-n3c4ccccc4c4cccc2c43)c2cccc(-c3ccc(-c4cccc5ccccc45)cc3)c21. The van der Waals surface area contributed by atoms with Crippen molar-refractivity contribution in [3.63, 3.8) is 0 Å². The maximum atomic E-state index is 2.53. The van der Waals surface area contributed by atoms with Crippen molar-refractivity contribution in [2.75, 3.05) is 0 Å². The van der Waals surface area contributed by atoms with Gasteiger partial charge in [-0.3, -0.25) is 0 Å². The van der Waals surface area contributed by atoms with Gasteiger partial charge in [-0.25, -0.2) is 0 Å². The fourth-order valence-electron chi connectivity index (χ4n) is 10.0. The Hall–Kier alpha value is -6.18. The van der Waals surface area contributed by atoms with Crippen LogP contribution in [0.25, 0.3) is 60.5 Å². The Morgan fingerprint density at radius 1 is 0.392 bits per heavy atom. The highest BCUT2D eigenvalue weighted by Gasteiger charge is 2.53. The highest BCUT2D eigenvalue weighted by atomic mass is 15.0. The molecule has 240 valence electrons. The summed E-state index contributed by atoms with van der Waals surface area (Å²) in [4.78, 5) is 0. The standard InChI is InChI=1S/C50H35N/c1-49(2)40-21-6-7-22-41(40)50(42-23-8-10-27-46(42)51-45-26-9-5-17-38(45)39-20-13-25-44(50)48(39)51)43-24-12-19-37(47(43)49)34-30-28-33(29-31-34)36-18-11-15-32-14-3-4-16-35(32)36/h3-31H,1-2H3. The van der Waals surface area contributed by atoms with Gasteiger partial charge in [-0.2, -0.15) is 0 Å². The summed E-state index contributed by atoms with van der Waals surface area (Å²) in [7, 11) is 0. The summed E-state index contributed by atoms with van der Waals surface area (Å²) in [6.45, 7) is 4.86. The summed E-state index contributed by atoms with van der Waals surface area (Å²) in [6, 6.07) is 65.9. The molecule has 0 radical (unpaired) electrons. The summed E-state index contributed by atoms with van der Waals surface area (Å²) >= 11 is 0. The predicted molar refractivity (Wildman–Crippen MR) is 213 cm³/mol. The van der Waals surface area contributed by atoms with Gasteiger partial charge in [0.1, 0.15) is 0 Å². The second-order valence-electron chi connectivity index (χ2n) is 14.8. The van der Waals surface area contributed by atoms with E-state index in [0.717, 1.165) is 0 Å². The van der Waals surface area contributed by atoms with Gasteiger partial charge >= 0.3 is 0 Å². The fraction of sp³-hybridized carbons (Fsp3) is 0.0800. The lowest BCUT2D eigenvalue weighted by Gasteiger charge is -2.50. The Kier molecular flexibility index (Phi) is 5.72. The van der Waals surface area contributed by atoms with E-state index >= 15 is 0 Å². The van der Waals surface area contributed by atoms with E-state index in [1.807, 2.05) is 0 Å². The molecule has 1 atom stereocenters. The molecule has 11 rings (SSSR count). The molecule has 0 amide bonds. The van der Waals surface area contributed by atoms with Crippen LogP contribution in [0.3, 0.4) is 0 Å². The number of hydrogen-bond acceptors (Lipinski definition) is 0. The first-order valence-corrected chi connectivity index (χ1v) is 18.0. The van der Waals surface area contributed by atoms with Gasteiger partial charge < -0.3 is 4.57 Å². The largest absolute Gasteiger partial charge is 0.309 e. The Balaban J connectivity index is 1.23. The molecule has 1 nitrogen and oxygen atoms in total. The number of para-hydroxylation sites is 3. The molecule has 1 aromatic heterocycles. The van der Waals surface area contributed by atoms with Gasteiger partial charge in [-0.15, -0.1) is 0 Å². The van der Waals surface area contributed by atoms with E-state index in [0.29, 0.717) is 0 Å². The van der Waals surface area contributed by atoms with Crippen LogP contribution >= 0.6 is 0 Å². The highest BCUT2D eigenvalue weighted by Crippen LogP contribution is 2.61. The Morgan fingerprint density at radius 3 is 1.78 bits per heavy atom. The van der Waals surface area contributed by atoms with Crippen molar-refractivity contribution in [1.29, 1.82) is 0 Å². The topological polar surface area (TPSA) is 4.93 Å². The number of hydrogen-bond donors (Lipinski definition) is 0. The quantitative estimate of drug-likeness (QED) is 0.176. The van der Waals surface area contributed by atoms with Crippen LogP contribution in [0.5, 0.6) is 0 Å². The molecule has 0 fully saturated rings. The van der Waals surface area contributed by atoms with E-state index in [1.165, 1.54) is 93.9 Å². The molecule has 0 saturated heterocycles. The molecular weight excluding hydrogens is 615 g/mol. The minimum absolute atomic E-state index is 0.241. The third-order valence-corrected chi connectivity index (χ3v) is 12.0. The average Bonchev–Trinajstić information content (AvgIpc) is 3.53. The van der Waals surface area contributed by atoms with Crippen LogP contribution in [-0.4, -0.2) is 4.57 Å². The van der Waals surface area contributed by atoms with Gasteiger partial charge in [0, 0.05) is 16.2 Å². The number of nitrogens with zero attached hydrogens (tertiary/aromatic N) is 1. The fourth-order valence-corrected chi connectivity index (χ4v) is 10.0. The molecule has 2 heterocycles. The Morgan fingerprint density at radius 2 is 0.941 bits per heavy atom. The van der Waals surface area contributed by atoms with Gasteiger partial charge in [-0.1, -0.05) is 178 Å². The lowest BCUT2D eigenvalue weighted by atomic mass is 9.52. The normalized spacial score (nSPS) is 16.7. The van der Waals surface area contributed by atoms with E-state index < -0.39 is 5.41 Å². The molecule has 1 aliphatic heterocycles. The average molecular weight is 650 g/mol. The van der Waals surface area contributed by atoms with Gasteiger partial charge in [0.25, 0.3) is 0 Å². The van der Waals surface area contributed by atoms with Crippen molar-refractivity contribution in [3.05, 3.63) is 209 Å². The predicted octanol–water partition coefficient (Wildman–Crippen LogP) is 12.6. The van der Waals surface area contributed by atoms with Crippen molar-refractivity contribution in [3.8, 4) is 27.9 Å². The summed E-state index contributed by atoms with van der Waals surface area (Å²) in [5, 5.41) is 5.16. The first kappa shape index (κ1) is 28.6. The molecule has 0 N–H and O–H groups in total. The van der Waals surface area contributed by atoms with E-state index in [-0.39, 0.29) is 5.41 Å². The van der Waals surface area contributed by atoms with E-state index in [9.17, 15) is 0 Å². The third kappa shape index (κ3) is 3.60. The molecule has 9 aromatic rings. The summed E-state index contributed by atoms with van der Waals surface area (Å²) in [5.74, 6) is 0. The molecule has 8 aromatic carbocycles. The molecule has 0 saturated carbocycles. The summed E-state index contributed by atoms with van der Waals surface area (Å²) in [6.07, 6.45) is 0. The minimum Gasteiger partial charge on any atom is -0.309 e. The number of benzene rings is 8. The van der Waals surface area contributed by atoms with E-state index in [4.69, 9.17) is 0 Å². The zero-order valence-corrected chi connectivity index (χ0v) is 28.7. The van der Waals surface area contributed by atoms with E-state index in [1.54, 1.807) is 0 Å². The Labute approximate surface area is 298 Å². The molecule has 51 heavy (non-hydrogen) atoms. The zero-order chi connectivity index (χ0) is 33.9. The second-order valence-corrected chi connectivity index (χ2v) is 14.8. The van der Waals surface area contributed by atoms with Crippen molar-refractivity contribution in [1.82, 2.24) is 4.57 Å². The number of rotatable bonds is 2. The maximum Gasteiger partial charge on any atom is 0.0748 e. The summed E-state index contributed by atoms with van der Waals surface area (Å²) < 4.78 is 2.53. The van der Waals surface area contributed by atoms with Crippen LogP contribution in [0.1, 0.15) is 47.2 Å². The minimum atomic E-state index is -0.499. The maximum absolute atomic E-state index is 2.53. The van der Waals surface area contributed by atoms with Crippen LogP contribution in [0.4, 0.5) is 0 Å². The molecule has 1 spiro atoms. The lowest BCUT2D eigenvalue weighted by Crippen LogP contribution is -2.44. The molecule has 0 bridgehead atoms. The molecule has 1 unspecified atom stereocenters. The van der Waals surface area contributed by atoms with Crippen molar-refractivity contribution in [2.45, 2.75) is 24.7 Å². The molecular formula is C50H35N. The van der Waals surface area contributed by atoms with Gasteiger partial charge in [0.2, 0.25) is 0 Å². The molecule has 1 aliphatic carbocycles.